The standard InChI is InChI=1S/C21H19F6N3O2/c1-20(2,3)15(7-16(31)32)29-19-14(24)6-12(21(25,26)27)17(30-19)11-8-28-18-10(11)4-9(22)5-13(18)23/h4-6,8,15,28H,7H2,1-3H3,(H,29,30)(H,31,32). The summed E-state index contributed by atoms with van der Waals surface area (Å²) < 4.78 is 83.4. The second-order valence-electron chi connectivity index (χ2n) is 8.39. The monoisotopic (exact) mass is 459 g/mol. The molecule has 11 heteroatoms. The third kappa shape index (κ3) is 4.66. The van der Waals surface area contributed by atoms with Crippen LogP contribution < -0.4 is 5.32 Å². The number of H-pyrrole nitrogens is 1. The molecule has 0 fully saturated rings. The van der Waals surface area contributed by atoms with Gasteiger partial charge in [-0.25, -0.2) is 18.2 Å². The number of anilines is 1. The second-order valence-corrected chi connectivity index (χ2v) is 8.39. The summed E-state index contributed by atoms with van der Waals surface area (Å²) in [6.07, 6.45) is -4.46. The number of halogens is 6. The molecule has 0 aliphatic carbocycles. The summed E-state index contributed by atoms with van der Waals surface area (Å²) in [5, 5.41) is 11.5. The third-order valence-corrected chi connectivity index (χ3v) is 4.98. The molecule has 1 aromatic carbocycles. The molecule has 1 unspecified atom stereocenters. The van der Waals surface area contributed by atoms with Crippen molar-refractivity contribution in [3.8, 4) is 11.3 Å². The van der Waals surface area contributed by atoms with Crippen LogP contribution in [0.3, 0.4) is 0 Å². The van der Waals surface area contributed by atoms with Crippen LogP contribution in [0.25, 0.3) is 22.2 Å². The fourth-order valence-corrected chi connectivity index (χ4v) is 3.28. The van der Waals surface area contributed by atoms with Gasteiger partial charge in [0.05, 0.1) is 23.2 Å². The highest BCUT2D eigenvalue weighted by atomic mass is 19.4. The van der Waals surface area contributed by atoms with Crippen LogP contribution in [0, 0.1) is 22.9 Å². The smallest absolute Gasteiger partial charge is 0.418 e. The number of pyridine rings is 1. The van der Waals surface area contributed by atoms with Gasteiger partial charge in [0.25, 0.3) is 0 Å². The molecule has 0 bridgehead atoms. The predicted octanol–water partition coefficient (Wildman–Crippen LogP) is 5.97. The number of carboxylic acids is 1. The number of aliphatic carboxylic acids is 1. The van der Waals surface area contributed by atoms with Crippen LogP contribution in [-0.2, 0) is 11.0 Å². The topological polar surface area (TPSA) is 78.0 Å². The minimum absolute atomic E-state index is 0.212. The molecule has 32 heavy (non-hydrogen) atoms. The van der Waals surface area contributed by atoms with Crippen molar-refractivity contribution in [2.45, 2.75) is 39.4 Å². The molecule has 5 nitrogen and oxygen atoms in total. The number of aromatic amines is 1. The molecule has 3 aromatic rings. The zero-order valence-electron chi connectivity index (χ0n) is 17.2. The highest BCUT2D eigenvalue weighted by Gasteiger charge is 2.37. The summed E-state index contributed by atoms with van der Waals surface area (Å²) in [5.74, 6) is -5.19. The van der Waals surface area contributed by atoms with Gasteiger partial charge in [-0.3, -0.25) is 4.79 Å². The number of aromatic nitrogens is 2. The van der Waals surface area contributed by atoms with E-state index in [4.69, 9.17) is 5.11 Å². The first-order chi connectivity index (χ1) is 14.7. The lowest BCUT2D eigenvalue weighted by Gasteiger charge is -2.31. The van der Waals surface area contributed by atoms with Crippen LogP contribution in [0.4, 0.5) is 32.2 Å². The Morgan fingerprint density at radius 1 is 1.12 bits per heavy atom. The van der Waals surface area contributed by atoms with Gasteiger partial charge in [-0.2, -0.15) is 13.2 Å². The number of alkyl halides is 3. The molecule has 0 spiro atoms. The van der Waals surface area contributed by atoms with Crippen LogP contribution in [0.2, 0.25) is 0 Å². The van der Waals surface area contributed by atoms with E-state index in [1.807, 2.05) is 0 Å². The Labute approximate surface area is 178 Å². The number of benzene rings is 1. The summed E-state index contributed by atoms with van der Waals surface area (Å²) in [7, 11) is 0. The zero-order valence-corrected chi connectivity index (χ0v) is 17.2. The Morgan fingerprint density at radius 2 is 1.78 bits per heavy atom. The molecule has 3 N–H and O–H groups in total. The Kier molecular flexibility index (Phi) is 5.88. The van der Waals surface area contributed by atoms with Gasteiger partial charge in [0.15, 0.2) is 11.6 Å². The number of hydrogen-bond acceptors (Lipinski definition) is 3. The summed E-state index contributed by atoms with van der Waals surface area (Å²) in [6, 6.07) is 0.743. The average Bonchev–Trinajstić information content (AvgIpc) is 3.04. The van der Waals surface area contributed by atoms with Gasteiger partial charge in [0.2, 0.25) is 0 Å². The molecule has 2 aromatic heterocycles. The molecular weight excluding hydrogens is 440 g/mol. The van der Waals surface area contributed by atoms with Crippen molar-refractivity contribution in [3.05, 3.63) is 47.4 Å². The largest absolute Gasteiger partial charge is 0.481 e. The molecule has 3 rings (SSSR count). The highest BCUT2D eigenvalue weighted by molar-refractivity contribution is 5.96. The molecular formula is C21H19F6N3O2. The number of fused-ring (bicyclic) bond motifs is 1. The number of rotatable bonds is 5. The fraction of sp³-hybridized carbons (Fsp3) is 0.333. The Balaban J connectivity index is 2.23. The van der Waals surface area contributed by atoms with E-state index in [9.17, 15) is 31.1 Å². The number of carboxylic acid groups (broad SMARTS) is 1. The Bertz CT molecular complexity index is 1180. The molecule has 2 heterocycles. The van der Waals surface area contributed by atoms with Crippen LogP contribution >= 0.6 is 0 Å². The van der Waals surface area contributed by atoms with Crippen molar-refractivity contribution in [1.29, 1.82) is 0 Å². The molecule has 0 amide bonds. The maximum atomic E-state index is 14.6. The van der Waals surface area contributed by atoms with Gasteiger partial charge in [0.1, 0.15) is 11.6 Å². The quantitative estimate of drug-likeness (QED) is 0.411. The SMILES string of the molecule is CC(C)(C)C(CC(=O)O)Nc1nc(-c2c[nH]c3c(F)cc(F)cc23)c(C(F)(F)F)cc1F. The van der Waals surface area contributed by atoms with E-state index in [2.05, 4.69) is 15.3 Å². The van der Waals surface area contributed by atoms with Gasteiger partial charge in [-0.1, -0.05) is 20.8 Å². The van der Waals surface area contributed by atoms with Crippen LogP contribution in [0.1, 0.15) is 32.8 Å². The molecule has 0 saturated heterocycles. The number of carbonyl (C=O) groups is 1. The van der Waals surface area contributed by atoms with Crippen molar-refractivity contribution in [2.24, 2.45) is 5.41 Å². The average molecular weight is 459 g/mol. The molecule has 0 aliphatic rings. The molecule has 0 aliphatic heterocycles. The van der Waals surface area contributed by atoms with Crippen molar-refractivity contribution in [3.63, 3.8) is 0 Å². The van der Waals surface area contributed by atoms with Crippen molar-refractivity contribution < 1.29 is 36.2 Å². The van der Waals surface area contributed by atoms with Crippen LogP contribution in [0.5, 0.6) is 0 Å². The lowest BCUT2D eigenvalue weighted by Crippen LogP contribution is -2.36. The van der Waals surface area contributed by atoms with E-state index in [1.165, 1.54) is 0 Å². The number of nitrogens with one attached hydrogen (secondary N) is 2. The molecule has 0 saturated carbocycles. The van der Waals surface area contributed by atoms with E-state index in [-0.39, 0.29) is 22.5 Å². The molecule has 172 valence electrons. The van der Waals surface area contributed by atoms with Gasteiger partial charge in [-0.15, -0.1) is 0 Å². The van der Waals surface area contributed by atoms with Crippen molar-refractivity contribution in [1.82, 2.24) is 9.97 Å². The highest BCUT2D eigenvalue weighted by Crippen LogP contribution is 2.41. The maximum absolute atomic E-state index is 14.6. The van der Waals surface area contributed by atoms with Crippen molar-refractivity contribution >= 4 is 22.7 Å². The minimum Gasteiger partial charge on any atom is -0.481 e. The van der Waals surface area contributed by atoms with E-state index < -0.39 is 64.6 Å². The summed E-state index contributed by atoms with van der Waals surface area (Å²) >= 11 is 0. The normalized spacial score (nSPS) is 13.4. The predicted molar refractivity (Wildman–Crippen MR) is 106 cm³/mol. The maximum Gasteiger partial charge on any atom is 0.418 e. The third-order valence-electron chi connectivity index (χ3n) is 4.98. The van der Waals surface area contributed by atoms with Crippen molar-refractivity contribution in [2.75, 3.05) is 5.32 Å². The Hall–Kier alpha value is -3.24. The van der Waals surface area contributed by atoms with Gasteiger partial charge in [-0.05, 0) is 17.5 Å². The summed E-state index contributed by atoms with van der Waals surface area (Å²) in [5.41, 5.74) is -3.46. The number of nitrogens with zero attached hydrogens (tertiary/aromatic N) is 1. The summed E-state index contributed by atoms with van der Waals surface area (Å²) in [6.45, 7) is 5.01. The summed E-state index contributed by atoms with van der Waals surface area (Å²) in [4.78, 5) is 17.4. The van der Waals surface area contributed by atoms with Gasteiger partial charge < -0.3 is 15.4 Å². The first kappa shape index (κ1) is 23.4. The van der Waals surface area contributed by atoms with E-state index in [1.54, 1.807) is 20.8 Å². The van der Waals surface area contributed by atoms with Crippen LogP contribution in [0.15, 0.2) is 24.4 Å². The Morgan fingerprint density at radius 3 is 2.34 bits per heavy atom. The van der Waals surface area contributed by atoms with E-state index >= 15 is 0 Å². The minimum atomic E-state index is -5.03. The lowest BCUT2D eigenvalue weighted by molar-refractivity contribution is -0.138. The zero-order chi connectivity index (χ0) is 24.0. The van der Waals surface area contributed by atoms with E-state index in [0.29, 0.717) is 6.07 Å². The van der Waals surface area contributed by atoms with E-state index in [0.717, 1.165) is 12.3 Å². The van der Waals surface area contributed by atoms with Crippen LogP contribution in [-0.4, -0.2) is 27.1 Å². The number of hydrogen-bond donors (Lipinski definition) is 3. The second kappa shape index (κ2) is 8.03. The fourth-order valence-electron chi connectivity index (χ4n) is 3.28. The first-order valence-corrected chi connectivity index (χ1v) is 9.41. The first-order valence-electron chi connectivity index (χ1n) is 9.41. The van der Waals surface area contributed by atoms with Gasteiger partial charge >= 0.3 is 12.1 Å². The molecule has 1 atom stereocenters. The van der Waals surface area contributed by atoms with Gasteiger partial charge in [0, 0.05) is 29.3 Å². The lowest BCUT2D eigenvalue weighted by atomic mass is 9.84. The molecule has 0 radical (unpaired) electrons.